The number of rotatable bonds is 2. The fourth-order valence-electron chi connectivity index (χ4n) is 1.87. The summed E-state index contributed by atoms with van der Waals surface area (Å²) in [5, 5.41) is 4.55. The maximum Gasteiger partial charge on any atom is 0.111 e. The first-order chi connectivity index (χ1) is 8.83. The molecule has 3 rings (SSSR count). The Morgan fingerprint density at radius 2 is 1.67 bits per heavy atom. The molecule has 0 N–H and O–H groups in total. The Balaban J connectivity index is 2.00. The van der Waals surface area contributed by atoms with Crippen LogP contribution in [0.5, 0.6) is 0 Å². The van der Waals surface area contributed by atoms with Crippen LogP contribution in [0.2, 0.25) is 0 Å². The van der Waals surface area contributed by atoms with Crippen molar-refractivity contribution in [3.63, 3.8) is 0 Å². The molecule has 0 atom stereocenters. The van der Waals surface area contributed by atoms with Crippen LogP contribution >= 0.6 is 0 Å². The lowest BCUT2D eigenvalue weighted by atomic mass is 10.2. The third kappa shape index (κ3) is 2.02. The zero-order valence-electron chi connectivity index (χ0n) is 10.1. The number of nitrogens with zero attached hydrogens (tertiary/aromatic N) is 3. The van der Waals surface area contributed by atoms with Crippen molar-refractivity contribution in [2.45, 2.75) is 6.92 Å². The third-order valence-electron chi connectivity index (χ3n) is 2.76. The molecule has 0 radical (unpaired) electrons. The van der Waals surface area contributed by atoms with Gasteiger partial charge in [-0.1, -0.05) is 24.3 Å². The summed E-state index contributed by atoms with van der Waals surface area (Å²) < 4.78 is 1.86. The Bertz CT molecular complexity index is 656. The minimum Gasteiger partial charge on any atom is -0.251 e. The predicted octanol–water partition coefficient (Wildman–Crippen LogP) is 3.24. The van der Waals surface area contributed by atoms with Gasteiger partial charge < -0.3 is 0 Å². The van der Waals surface area contributed by atoms with E-state index in [1.54, 1.807) is 0 Å². The van der Waals surface area contributed by atoms with Gasteiger partial charge in [-0.05, 0) is 37.3 Å². The average Bonchev–Trinajstić information content (AvgIpc) is 2.89. The second kappa shape index (κ2) is 4.45. The lowest BCUT2D eigenvalue weighted by molar-refractivity contribution is 0.882. The van der Waals surface area contributed by atoms with Crippen LogP contribution in [0.4, 0.5) is 0 Å². The lowest BCUT2D eigenvalue weighted by Gasteiger charge is -2.00. The topological polar surface area (TPSA) is 30.7 Å². The highest BCUT2D eigenvalue weighted by atomic mass is 15.3. The van der Waals surface area contributed by atoms with Gasteiger partial charge in [-0.25, -0.2) is 4.68 Å². The number of aryl methyl sites for hydroxylation is 1. The maximum atomic E-state index is 4.55. The van der Waals surface area contributed by atoms with Gasteiger partial charge in [-0.3, -0.25) is 4.98 Å². The first-order valence-electron chi connectivity index (χ1n) is 5.88. The molecular weight excluding hydrogens is 222 g/mol. The van der Waals surface area contributed by atoms with E-state index < -0.39 is 0 Å². The highest BCUT2D eigenvalue weighted by Crippen LogP contribution is 2.16. The van der Waals surface area contributed by atoms with E-state index in [1.807, 2.05) is 72.4 Å². The summed E-state index contributed by atoms with van der Waals surface area (Å²) >= 11 is 0. The fraction of sp³-hybridized carbons (Fsp3) is 0.0667. The first-order valence-corrected chi connectivity index (χ1v) is 5.88. The second-order valence-corrected chi connectivity index (χ2v) is 4.15. The van der Waals surface area contributed by atoms with E-state index in [-0.39, 0.29) is 0 Å². The van der Waals surface area contributed by atoms with Gasteiger partial charge in [0.15, 0.2) is 0 Å². The van der Waals surface area contributed by atoms with E-state index in [4.69, 9.17) is 0 Å². The summed E-state index contributed by atoms with van der Waals surface area (Å²) in [5.74, 6) is 0. The molecule has 18 heavy (non-hydrogen) atoms. The molecule has 3 aromatic rings. The molecule has 0 unspecified atom stereocenters. The van der Waals surface area contributed by atoms with Gasteiger partial charge in [0, 0.05) is 11.9 Å². The SMILES string of the molecule is Cc1cccc(-c2ccn(-c3ccccc3)n2)n1. The predicted molar refractivity (Wildman–Crippen MR) is 71.5 cm³/mol. The fourth-order valence-corrected chi connectivity index (χ4v) is 1.87. The molecule has 88 valence electrons. The van der Waals surface area contributed by atoms with Crippen molar-refractivity contribution in [3.05, 3.63) is 66.5 Å². The largest absolute Gasteiger partial charge is 0.251 e. The number of pyridine rings is 1. The number of benzene rings is 1. The summed E-state index contributed by atoms with van der Waals surface area (Å²) in [6, 6.07) is 18.0. The molecule has 1 aromatic carbocycles. The molecule has 0 bridgehead atoms. The van der Waals surface area contributed by atoms with Crippen LogP contribution < -0.4 is 0 Å². The van der Waals surface area contributed by atoms with Crippen molar-refractivity contribution in [2.24, 2.45) is 0 Å². The summed E-state index contributed by atoms with van der Waals surface area (Å²) in [6.45, 7) is 1.98. The van der Waals surface area contributed by atoms with Gasteiger partial charge in [0.1, 0.15) is 5.69 Å². The number of para-hydroxylation sites is 1. The number of aromatic nitrogens is 3. The van der Waals surface area contributed by atoms with Crippen molar-refractivity contribution in [1.29, 1.82) is 0 Å². The summed E-state index contributed by atoms with van der Waals surface area (Å²) in [5.41, 5.74) is 3.85. The molecule has 3 nitrogen and oxygen atoms in total. The monoisotopic (exact) mass is 235 g/mol. The molecular formula is C15H13N3. The van der Waals surface area contributed by atoms with E-state index in [2.05, 4.69) is 10.1 Å². The normalized spacial score (nSPS) is 10.5. The molecule has 0 aliphatic carbocycles. The molecule has 2 heterocycles. The number of hydrogen-bond donors (Lipinski definition) is 0. The Kier molecular flexibility index (Phi) is 2.65. The Hall–Kier alpha value is -2.42. The number of hydrogen-bond acceptors (Lipinski definition) is 2. The zero-order valence-corrected chi connectivity index (χ0v) is 10.1. The van der Waals surface area contributed by atoms with Crippen LogP contribution in [-0.4, -0.2) is 14.8 Å². The van der Waals surface area contributed by atoms with E-state index >= 15 is 0 Å². The minimum atomic E-state index is 0.891. The molecule has 0 aliphatic rings. The van der Waals surface area contributed by atoms with Gasteiger partial charge in [0.05, 0.1) is 11.4 Å². The van der Waals surface area contributed by atoms with Crippen LogP contribution in [0, 0.1) is 6.92 Å². The van der Waals surface area contributed by atoms with E-state index in [9.17, 15) is 0 Å². The Labute approximate surface area is 106 Å². The van der Waals surface area contributed by atoms with Gasteiger partial charge in [-0.2, -0.15) is 5.10 Å². The van der Waals surface area contributed by atoms with Crippen molar-refractivity contribution in [3.8, 4) is 17.1 Å². The molecule has 0 saturated carbocycles. The quantitative estimate of drug-likeness (QED) is 0.682. The van der Waals surface area contributed by atoms with Crippen molar-refractivity contribution in [1.82, 2.24) is 14.8 Å². The molecule has 0 saturated heterocycles. The van der Waals surface area contributed by atoms with E-state index in [1.165, 1.54) is 0 Å². The van der Waals surface area contributed by atoms with Crippen molar-refractivity contribution in [2.75, 3.05) is 0 Å². The van der Waals surface area contributed by atoms with Gasteiger partial charge in [-0.15, -0.1) is 0 Å². The van der Waals surface area contributed by atoms with Crippen LogP contribution in [0.1, 0.15) is 5.69 Å². The van der Waals surface area contributed by atoms with Crippen molar-refractivity contribution >= 4 is 0 Å². The van der Waals surface area contributed by atoms with Crippen LogP contribution in [0.25, 0.3) is 17.1 Å². The highest BCUT2D eigenvalue weighted by molar-refractivity contribution is 5.54. The zero-order chi connectivity index (χ0) is 12.4. The van der Waals surface area contributed by atoms with E-state index in [0.717, 1.165) is 22.8 Å². The van der Waals surface area contributed by atoms with Gasteiger partial charge >= 0.3 is 0 Å². The second-order valence-electron chi connectivity index (χ2n) is 4.15. The molecule has 0 amide bonds. The minimum absolute atomic E-state index is 0.891. The van der Waals surface area contributed by atoms with E-state index in [0.29, 0.717) is 0 Å². The third-order valence-corrected chi connectivity index (χ3v) is 2.76. The standard InChI is InChI=1S/C15H13N3/c1-12-6-5-9-14(16-12)15-10-11-18(17-15)13-7-3-2-4-8-13/h2-11H,1H3. The summed E-state index contributed by atoms with van der Waals surface area (Å²) in [6.07, 6.45) is 1.95. The van der Waals surface area contributed by atoms with Crippen LogP contribution in [-0.2, 0) is 0 Å². The van der Waals surface area contributed by atoms with Crippen LogP contribution in [0.3, 0.4) is 0 Å². The molecule has 3 heteroatoms. The maximum absolute atomic E-state index is 4.55. The molecule has 0 aliphatic heterocycles. The highest BCUT2D eigenvalue weighted by Gasteiger charge is 2.04. The van der Waals surface area contributed by atoms with Crippen molar-refractivity contribution < 1.29 is 0 Å². The summed E-state index contributed by atoms with van der Waals surface area (Å²) in [7, 11) is 0. The van der Waals surface area contributed by atoms with Gasteiger partial charge in [0.25, 0.3) is 0 Å². The lowest BCUT2D eigenvalue weighted by Crippen LogP contribution is -1.94. The first kappa shape index (κ1) is 10.7. The molecule has 2 aromatic heterocycles. The summed E-state index contributed by atoms with van der Waals surface area (Å²) in [4.78, 5) is 4.47. The molecule has 0 spiro atoms. The Morgan fingerprint density at radius 1 is 0.833 bits per heavy atom. The Morgan fingerprint density at radius 3 is 2.44 bits per heavy atom. The van der Waals surface area contributed by atoms with Crippen LogP contribution in [0.15, 0.2) is 60.8 Å². The smallest absolute Gasteiger partial charge is 0.111 e. The molecule has 0 fully saturated rings. The average molecular weight is 235 g/mol. The van der Waals surface area contributed by atoms with Gasteiger partial charge in [0.2, 0.25) is 0 Å².